The van der Waals surface area contributed by atoms with E-state index in [4.69, 9.17) is 10.5 Å². The standard InChI is InChI=1S/C9H19N3O3/c1-12(2)7-3-6(4-11-5-10)15-9(14)8(7)13/h5-9,13-14H,3-4H2,1-2H3,(H2,10,11)/t6-,7?,8?,9+/m0/s1. The lowest BCUT2D eigenvalue weighted by Crippen LogP contribution is -2.54. The number of hydrogen-bond acceptors (Lipinski definition) is 5. The van der Waals surface area contributed by atoms with Gasteiger partial charge in [-0.05, 0) is 20.5 Å². The van der Waals surface area contributed by atoms with Crippen LogP contribution < -0.4 is 5.73 Å². The van der Waals surface area contributed by atoms with Gasteiger partial charge in [0.2, 0.25) is 0 Å². The summed E-state index contributed by atoms with van der Waals surface area (Å²) in [4.78, 5) is 5.74. The quantitative estimate of drug-likeness (QED) is 0.390. The number of hydrogen-bond donors (Lipinski definition) is 3. The average Bonchev–Trinajstić information content (AvgIpc) is 2.19. The highest BCUT2D eigenvalue weighted by molar-refractivity contribution is 5.51. The third-order valence-corrected chi connectivity index (χ3v) is 2.60. The van der Waals surface area contributed by atoms with Gasteiger partial charge in [-0.3, -0.25) is 4.99 Å². The fourth-order valence-corrected chi connectivity index (χ4v) is 1.74. The molecule has 4 atom stereocenters. The van der Waals surface area contributed by atoms with Crippen molar-refractivity contribution < 1.29 is 14.9 Å². The molecule has 1 heterocycles. The Morgan fingerprint density at radius 2 is 2.20 bits per heavy atom. The summed E-state index contributed by atoms with van der Waals surface area (Å²) in [6.07, 6.45) is -0.383. The van der Waals surface area contributed by atoms with E-state index in [1.807, 2.05) is 19.0 Å². The second kappa shape index (κ2) is 5.41. The van der Waals surface area contributed by atoms with Crippen molar-refractivity contribution in [1.82, 2.24) is 4.90 Å². The van der Waals surface area contributed by atoms with Gasteiger partial charge in [0.05, 0.1) is 19.0 Å². The predicted molar refractivity (Wildman–Crippen MR) is 56.5 cm³/mol. The molecular formula is C9H19N3O3. The van der Waals surface area contributed by atoms with Crippen molar-refractivity contribution in [3.63, 3.8) is 0 Å². The average molecular weight is 217 g/mol. The molecule has 0 bridgehead atoms. The van der Waals surface area contributed by atoms with Gasteiger partial charge in [0.15, 0.2) is 6.29 Å². The van der Waals surface area contributed by atoms with Gasteiger partial charge in [-0.2, -0.15) is 0 Å². The van der Waals surface area contributed by atoms with Gasteiger partial charge < -0.3 is 25.6 Å². The molecule has 0 aromatic heterocycles. The topological polar surface area (TPSA) is 91.3 Å². The Labute approximate surface area is 89.4 Å². The first-order valence-corrected chi connectivity index (χ1v) is 4.94. The Morgan fingerprint density at radius 1 is 1.53 bits per heavy atom. The van der Waals surface area contributed by atoms with Crippen molar-refractivity contribution in [2.75, 3.05) is 20.6 Å². The molecular weight excluding hydrogens is 198 g/mol. The lowest BCUT2D eigenvalue weighted by atomic mass is 9.98. The second-order valence-electron chi connectivity index (χ2n) is 3.92. The minimum absolute atomic E-state index is 0.119. The molecule has 15 heavy (non-hydrogen) atoms. The molecule has 0 radical (unpaired) electrons. The zero-order chi connectivity index (χ0) is 11.4. The molecule has 1 saturated heterocycles. The number of aliphatic hydroxyl groups excluding tert-OH is 2. The van der Waals surface area contributed by atoms with Crippen LogP contribution in [0.1, 0.15) is 6.42 Å². The Morgan fingerprint density at radius 3 is 2.73 bits per heavy atom. The zero-order valence-electron chi connectivity index (χ0n) is 9.08. The third kappa shape index (κ3) is 3.13. The van der Waals surface area contributed by atoms with Crippen molar-refractivity contribution in [1.29, 1.82) is 0 Å². The monoisotopic (exact) mass is 217 g/mol. The molecule has 6 nitrogen and oxygen atoms in total. The molecule has 0 saturated carbocycles. The summed E-state index contributed by atoms with van der Waals surface area (Å²) in [7, 11) is 3.71. The molecule has 88 valence electrons. The summed E-state index contributed by atoms with van der Waals surface area (Å²) in [5.74, 6) is 0. The summed E-state index contributed by atoms with van der Waals surface area (Å²) in [6, 6.07) is -0.119. The van der Waals surface area contributed by atoms with Gasteiger partial charge in [-0.15, -0.1) is 0 Å². The van der Waals surface area contributed by atoms with E-state index in [1.54, 1.807) is 0 Å². The summed E-state index contributed by atoms with van der Waals surface area (Å²) in [5.41, 5.74) is 5.13. The van der Waals surface area contributed by atoms with Crippen molar-refractivity contribution in [2.45, 2.75) is 31.0 Å². The molecule has 0 aliphatic carbocycles. The first-order chi connectivity index (χ1) is 7.06. The van der Waals surface area contributed by atoms with Gasteiger partial charge in [-0.1, -0.05) is 0 Å². The Bertz CT molecular complexity index is 223. The number of nitrogens with two attached hydrogens (primary N) is 1. The molecule has 1 aliphatic rings. The highest BCUT2D eigenvalue weighted by atomic mass is 16.6. The van der Waals surface area contributed by atoms with Gasteiger partial charge in [-0.25, -0.2) is 0 Å². The number of aliphatic hydroxyl groups is 2. The summed E-state index contributed by atoms with van der Waals surface area (Å²) < 4.78 is 5.19. The zero-order valence-corrected chi connectivity index (χ0v) is 9.08. The van der Waals surface area contributed by atoms with E-state index in [0.717, 1.165) is 0 Å². The minimum Gasteiger partial charge on any atom is -0.390 e. The summed E-state index contributed by atoms with van der Waals surface area (Å²) in [5, 5.41) is 19.2. The van der Waals surface area contributed by atoms with Gasteiger partial charge in [0, 0.05) is 6.04 Å². The summed E-state index contributed by atoms with van der Waals surface area (Å²) >= 11 is 0. The maximum atomic E-state index is 9.67. The highest BCUT2D eigenvalue weighted by Gasteiger charge is 2.37. The number of rotatable bonds is 3. The van der Waals surface area contributed by atoms with E-state index in [0.29, 0.717) is 13.0 Å². The number of ether oxygens (including phenoxy) is 1. The van der Waals surface area contributed by atoms with Crippen LogP contribution in [-0.4, -0.2) is 66.6 Å². The van der Waals surface area contributed by atoms with Crippen molar-refractivity contribution in [2.24, 2.45) is 10.7 Å². The van der Waals surface area contributed by atoms with Crippen LogP contribution in [0, 0.1) is 0 Å². The van der Waals surface area contributed by atoms with E-state index < -0.39 is 12.4 Å². The van der Waals surface area contributed by atoms with Gasteiger partial charge in [0.1, 0.15) is 6.10 Å². The lowest BCUT2D eigenvalue weighted by Gasteiger charge is -2.39. The number of nitrogens with zero attached hydrogens (tertiary/aromatic N) is 2. The van der Waals surface area contributed by atoms with E-state index in [2.05, 4.69) is 4.99 Å². The molecule has 0 spiro atoms. The fraction of sp³-hybridized carbons (Fsp3) is 0.889. The smallest absolute Gasteiger partial charge is 0.182 e. The predicted octanol–water partition coefficient (Wildman–Crippen LogP) is -1.63. The fourth-order valence-electron chi connectivity index (χ4n) is 1.74. The number of likely N-dealkylation sites (N-methyl/N-ethyl adjacent to an activating group) is 1. The van der Waals surface area contributed by atoms with Crippen molar-refractivity contribution in [3.05, 3.63) is 0 Å². The maximum Gasteiger partial charge on any atom is 0.182 e. The van der Waals surface area contributed by atoms with Crippen LogP contribution in [0.3, 0.4) is 0 Å². The molecule has 1 fully saturated rings. The van der Waals surface area contributed by atoms with Crippen LogP contribution in [0.5, 0.6) is 0 Å². The van der Waals surface area contributed by atoms with E-state index >= 15 is 0 Å². The third-order valence-electron chi connectivity index (χ3n) is 2.60. The summed E-state index contributed by atoms with van der Waals surface area (Å²) in [6.45, 7) is 0.407. The minimum atomic E-state index is -1.15. The second-order valence-corrected chi connectivity index (χ2v) is 3.92. The van der Waals surface area contributed by atoms with Gasteiger partial charge >= 0.3 is 0 Å². The first-order valence-electron chi connectivity index (χ1n) is 4.94. The molecule has 4 N–H and O–H groups in total. The Hall–Kier alpha value is -0.690. The normalized spacial score (nSPS) is 37.7. The molecule has 0 amide bonds. The molecule has 1 rings (SSSR count). The van der Waals surface area contributed by atoms with Crippen molar-refractivity contribution >= 4 is 6.34 Å². The number of aliphatic imine (C=N–C) groups is 1. The van der Waals surface area contributed by atoms with E-state index in [1.165, 1.54) is 6.34 Å². The lowest BCUT2D eigenvalue weighted by molar-refractivity contribution is -0.231. The van der Waals surface area contributed by atoms with Gasteiger partial charge in [0.25, 0.3) is 0 Å². The van der Waals surface area contributed by atoms with Crippen molar-refractivity contribution in [3.8, 4) is 0 Å². The largest absolute Gasteiger partial charge is 0.390 e. The highest BCUT2D eigenvalue weighted by Crippen LogP contribution is 2.22. The van der Waals surface area contributed by atoms with Crippen LogP contribution in [-0.2, 0) is 4.74 Å². The van der Waals surface area contributed by atoms with Crippen LogP contribution in [0.25, 0.3) is 0 Å². The molecule has 2 unspecified atom stereocenters. The molecule has 6 heteroatoms. The SMILES string of the molecule is CN(C)C1C[C@@H](CN=CN)O[C@@H](O)C1O. The molecule has 0 aromatic rings. The van der Waals surface area contributed by atoms with E-state index in [9.17, 15) is 10.2 Å². The van der Waals surface area contributed by atoms with Crippen LogP contribution >= 0.6 is 0 Å². The molecule has 0 aromatic carbocycles. The Kier molecular flexibility index (Phi) is 4.46. The Balaban J connectivity index is 2.58. The van der Waals surface area contributed by atoms with Crippen LogP contribution in [0.2, 0.25) is 0 Å². The van der Waals surface area contributed by atoms with E-state index in [-0.39, 0.29) is 12.1 Å². The first kappa shape index (κ1) is 12.4. The van der Waals surface area contributed by atoms with Crippen LogP contribution in [0.4, 0.5) is 0 Å². The van der Waals surface area contributed by atoms with Crippen LogP contribution in [0.15, 0.2) is 4.99 Å². The maximum absolute atomic E-state index is 9.67. The molecule has 1 aliphatic heterocycles.